The number of carbonyl (C=O) groups excluding carboxylic acids is 1. The number of nitrogens with zero attached hydrogens (tertiary/aromatic N) is 4. The molecule has 29 heavy (non-hydrogen) atoms. The predicted octanol–water partition coefficient (Wildman–Crippen LogP) is 2.80. The molecular formula is C21H22FN5O2. The van der Waals surface area contributed by atoms with E-state index in [1.54, 1.807) is 47.5 Å². The summed E-state index contributed by atoms with van der Waals surface area (Å²) in [5.41, 5.74) is 6.05. The van der Waals surface area contributed by atoms with Crippen molar-refractivity contribution in [3.8, 4) is 11.3 Å². The van der Waals surface area contributed by atoms with E-state index < -0.39 is 0 Å². The molecule has 1 aliphatic rings. The van der Waals surface area contributed by atoms with E-state index in [-0.39, 0.29) is 23.5 Å². The van der Waals surface area contributed by atoms with Crippen molar-refractivity contribution in [3.05, 3.63) is 66.1 Å². The number of furan rings is 1. The Labute approximate surface area is 168 Å². The monoisotopic (exact) mass is 395 g/mol. The third-order valence-corrected chi connectivity index (χ3v) is 5.15. The minimum absolute atomic E-state index is 0.185. The average Bonchev–Trinajstić information content (AvgIpc) is 3.38. The molecule has 0 radical (unpaired) electrons. The van der Waals surface area contributed by atoms with Crippen molar-refractivity contribution in [3.63, 3.8) is 0 Å². The minimum Gasteiger partial charge on any atom is -0.451 e. The van der Waals surface area contributed by atoms with Crippen molar-refractivity contribution >= 4 is 11.7 Å². The van der Waals surface area contributed by atoms with Gasteiger partial charge in [-0.2, -0.15) is 0 Å². The van der Waals surface area contributed by atoms with Crippen LogP contribution < -0.4 is 5.73 Å². The van der Waals surface area contributed by atoms with E-state index in [4.69, 9.17) is 10.2 Å². The first-order valence-corrected chi connectivity index (χ1v) is 9.43. The lowest BCUT2D eigenvalue weighted by atomic mass is 10.1. The predicted molar refractivity (Wildman–Crippen MR) is 106 cm³/mol. The molecule has 8 heteroatoms. The highest BCUT2D eigenvalue weighted by atomic mass is 19.1. The number of benzene rings is 1. The van der Waals surface area contributed by atoms with Gasteiger partial charge in [0.15, 0.2) is 5.76 Å². The molecule has 0 saturated carbocycles. The van der Waals surface area contributed by atoms with E-state index in [1.165, 1.54) is 6.07 Å². The number of likely N-dealkylation sites (tertiary alicyclic amines) is 1. The Kier molecular flexibility index (Phi) is 5.26. The number of carbonyl (C=O) groups is 1. The molecule has 1 aromatic carbocycles. The third-order valence-electron chi connectivity index (χ3n) is 5.15. The number of nitrogen functional groups attached to an aromatic ring is 1. The zero-order valence-electron chi connectivity index (χ0n) is 16.1. The largest absolute Gasteiger partial charge is 0.451 e. The highest BCUT2D eigenvalue weighted by Crippen LogP contribution is 2.26. The molecule has 3 heterocycles. The molecular weight excluding hydrogens is 373 g/mol. The number of nitrogens with two attached hydrogens (primary N) is 1. The summed E-state index contributed by atoms with van der Waals surface area (Å²) in [4.78, 5) is 25.2. The summed E-state index contributed by atoms with van der Waals surface area (Å²) in [6.45, 7) is 1.75. The standard InChI is InChI=1S/C21H22FN5O2/c1-26(13-20-24-10-8-19(23)25-20)14-9-11-27(12-14)21(28)18-7-6-17(29-18)15-4-2-3-5-16(15)22/h2-8,10,14H,9,11-13H2,1H3,(H2,23,24,25). The number of anilines is 1. The van der Waals surface area contributed by atoms with E-state index in [9.17, 15) is 9.18 Å². The van der Waals surface area contributed by atoms with Crippen LogP contribution in [-0.4, -0.2) is 51.9 Å². The van der Waals surface area contributed by atoms with E-state index in [2.05, 4.69) is 14.9 Å². The average molecular weight is 395 g/mol. The van der Waals surface area contributed by atoms with Crippen LogP contribution >= 0.6 is 0 Å². The van der Waals surface area contributed by atoms with Gasteiger partial charge in [-0.05, 0) is 43.8 Å². The molecule has 0 spiro atoms. The van der Waals surface area contributed by atoms with Gasteiger partial charge in [-0.3, -0.25) is 9.69 Å². The minimum atomic E-state index is -0.382. The van der Waals surface area contributed by atoms with Crippen molar-refractivity contribution in [1.29, 1.82) is 0 Å². The van der Waals surface area contributed by atoms with Crippen LogP contribution in [0.4, 0.5) is 10.2 Å². The second-order valence-corrected chi connectivity index (χ2v) is 7.15. The molecule has 1 amide bonds. The van der Waals surface area contributed by atoms with E-state index in [1.807, 2.05) is 7.05 Å². The lowest BCUT2D eigenvalue weighted by molar-refractivity contribution is 0.0748. The van der Waals surface area contributed by atoms with Gasteiger partial charge in [0.1, 0.15) is 23.2 Å². The van der Waals surface area contributed by atoms with Crippen LogP contribution in [0.3, 0.4) is 0 Å². The molecule has 1 atom stereocenters. The Hall–Kier alpha value is -3.26. The quantitative estimate of drug-likeness (QED) is 0.715. The molecule has 3 aromatic rings. The summed E-state index contributed by atoms with van der Waals surface area (Å²) in [6.07, 6.45) is 2.48. The fraction of sp³-hybridized carbons (Fsp3) is 0.286. The highest BCUT2D eigenvalue weighted by Gasteiger charge is 2.31. The maximum Gasteiger partial charge on any atom is 0.289 e. The Morgan fingerprint density at radius 2 is 2.14 bits per heavy atom. The van der Waals surface area contributed by atoms with Crippen molar-refractivity contribution in [2.75, 3.05) is 25.9 Å². The molecule has 4 rings (SSSR count). The number of halogens is 1. The molecule has 7 nitrogen and oxygen atoms in total. The van der Waals surface area contributed by atoms with Crippen LogP contribution in [0.5, 0.6) is 0 Å². The first-order valence-electron chi connectivity index (χ1n) is 9.43. The third kappa shape index (κ3) is 4.12. The van der Waals surface area contributed by atoms with Crippen LogP contribution in [0.25, 0.3) is 11.3 Å². The zero-order valence-corrected chi connectivity index (χ0v) is 16.1. The first kappa shape index (κ1) is 19.1. The van der Waals surface area contributed by atoms with Gasteiger partial charge in [-0.1, -0.05) is 12.1 Å². The molecule has 150 valence electrons. The fourth-order valence-electron chi connectivity index (χ4n) is 3.54. The van der Waals surface area contributed by atoms with Crippen LogP contribution in [0.1, 0.15) is 22.8 Å². The summed E-state index contributed by atoms with van der Waals surface area (Å²) in [6, 6.07) is 11.4. The summed E-state index contributed by atoms with van der Waals surface area (Å²) in [5, 5.41) is 0. The SMILES string of the molecule is CN(Cc1nccc(N)n1)C1CCN(C(=O)c2ccc(-c3ccccc3F)o2)C1. The smallest absolute Gasteiger partial charge is 0.289 e. The second-order valence-electron chi connectivity index (χ2n) is 7.15. The summed E-state index contributed by atoms with van der Waals surface area (Å²) in [7, 11) is 1.98. The van der Waals surface area contributed by atoms with E-state index in [0.717, 1.165) is 6.42 Å². The second kappa shape index (κ2) is 8.00. The zero-order chi connectivity index (χ0) is 20.4. The Bertz CT molecular complexity index is 1020. The van der Waals surface area contributed by atoms with Gasteiger partial charge in [0.2, 0.25) is 0 Å². The van der Waals surface area contributed by atoms with Crippen molar-refractivity contribution in [2.24, 2.45) is 0 Å². The summed E-state index contributed by atoms with van der Waals surface area (Å²) >= 11 is 0. The Morgan fingerprint density at radius 3 is 2.93 bits per heavy atom. The number of hydrogen-bond donors (Lipinski definition) is 1. The molecule has 2 aromatic heterocycles. The molecule has 1 unspecified atom stereocenters. The summed E-state index contributed by atoms with van der Waals surface area (Å²) < 4.78 is 19.6. The van der Waals surface area contributed by atoms with Crippen molar-refractivity contribution < 1.29 is 13.6 Å². The Morgan fingerprint density at radius 1 is 1.31 bits per heavy atom. The molecule has 1 saturated heterocycles. The van der Waals surface area contributed by atoms with Gasteiger partial charge in [0.25, 0.3) is 5.91 Å². The van der Waals surface area contributed by atoms with Crippen molar-refractivity contribution in [2.45, 2.75) is 19.0 Å². The van der Waals surface area contributed by atoms with Gasteiger partial charge in [-0.25, -0.2) is 14.4 Å². The number of amides is 1. The van der Waals surface area contributed by atoms with Crippen LogP contribution in [0.2, 0.25) is 0 Å². The van der Waals surface area contributed by atoms with Crippen LogP contribution in [-0.2, 0) is 6.54 Å². The Balaban J connectivity index is 1.40. The van der Waals surface area contributed by atoms with Gasteiger partial charge >= 0.3 is 0 Å². The number of rotatable bonds is 5. The highest BCUT2D eigenvalue weighted by molar-refractivity contribution is 5.92. The van der Waals surface area contributed by atoms with Crippen LogP contribution in [0, 0.1) is 5.82 Å². The van der Waals surface area contributed by atoms with Gasteiger partial charge < -0.3 is 15.1 Å². The maximum atomic E-state index is 14.0. The van der Waals surface area contributed by atoms with Crippen LogP contribution in [0.15, 0.2) is 53.1 Å². The molecule has 0 bridgehead atoms. The van der Waals surface area contributed by atoms with Gasteiger partial charge in [0, 0.05) is 25.3 Å². The fourth-order valence-corrected chi connectivity index (χ4v) is 3.54. The van der Waals surface area contributed by atoms with E-state index >= 15 is 0 Å². The normalized spacial score (nSPS) is 16.5. The van der Waals surface area contributed by atoms with Gasteiger partial charge in [-0.15, -0.1) is 0 Å². The lowest BCUT2D eigenvalue weighted by Gasteiger charge is -2.23. The van der Waals surface area contributed by atoms with Gasteiger partial charge in [0.05, 0.1) is 12.1 Å². The number of likely N-dealkylation sites (N-methyl/N-ethyl adjacent to an activating group) is 1. The topological polar surface area (TPSA) is 88.5 Å². The molecule has 2 N–H and O–H groups in total. The van der Waals surface area contributed by atoms with Crippen molar-refractivity contribution in [1.82, 2.24) is 19.8 Å². The molecule has 1 fully saturated rings. The molecule has 1 aliphatic heterocycles. The lowest BCUT2D eigenvalue weighted by Crippen LogP contribution is -2.36. The number of aromatic nitrogens is 2. The molecule has 0 aliphatic carbocycles. The summed E-state index contributed by atoms with van der Waals surface area (Å²) in [5.74, 6) is 1.08. The first-order chi connectivity index (χ1) is 14.0. The van der Waals surface area contributed by atoms with E-state index in [0.29, 0.717) is 42.6 Å². The number of hydrogen-bond acceptors (Lipinski definition) is 6. The maximum absolute atomic E-state index is 14.0.